The molecular formula is C49H28O2. The summed E-state index contributed by atoms with van der Waals surface area (Å²) in [5.41, 5.74) is 11.0. The molecule has 0 amide bonds. The molecule has 0 fully saturated rings. The van der Waals surface area contributed by atoms with Crippen LogP contribution in [0.25, 0.3) is 76.5 Å². The Bertz CT molecular complexity index is 3040. The highest BCUT2D eigenvalue weighted by Crippen LogP contribution is 2.64. The van der Waals surface area contributed by atoms with E-state index in [9.17, 15) is 0 Å². The molecule has 12 rings (SSSR count). The maximum Gasteiger partial charge on any atom is 0.143 e. The first-order valence-electron chi connectivity index (χ1n) is 17.6. The Balaban J connectivity index is 1.22. The zero-order chi connectivity index (χ0) is 33.3. The van der Waals surface area contributed by atoms with Crippen LogP contribution in [0.5, 0.6) is 11.5 Å². The summed E-state index contributed by atoms with van der Waals surface area (Å²) in [7, 11) is 0. The van der Waals surface area contributed by atoms with Crippen LogP contribution in [0, 0.1) is 0 Å². The van der Waals surface area contributed by atoms with Crippen LogP contribution >= 0.6 is 0 Å². The fourth-order valence-corrected chi connectivity index (χ4v) is 9.44. The summed E-state index contributed by atoms with van der Waals surface area (Å²) in [6.45, 7) is 0. The van der Waals surface area contributed by atoms with Gasteiger partial charge >= 0.3 is 0 Å². The first-order valence-corrected chi connectivity index (χ1v) is 17.6. The van der Waals surface area contributed by atoms with Gasteiger partial charge in [-0.1, -0.05) is 140 Å². The van der Waals surface area contributed by atoms with Crippen molar-refractivity contribution in [2.24, 2.45) is 0 Å². The number of para-hydroxylation sites is 1. The molecule has 51 heavy (non-hydrogen) atoms. The van der Waals surface area contributed by atoms with E-state index in [1.54, 1.807) is 0 Å². The molecule has 2 heteroatoms. The molecule has 2 aliphatic rings. The minimum absolute atomic E-state index is 0.596. The van der Waals surface area contributed by atoms with Gasteiger partial charge in [0.05, 0.1) is 5.41 Å². The van der Waals surface area contributed by atoms with Crippen LogP contribution in [0.15, 0.2) is 174 Å². The number of furan rings is 1. The molecule has 0 radical (unpaired) electrons. The second-order valence-electron chi connectivity index (χ2n) is 13.9. The molecule has 1 spiro atoms. The summed E-state index contributed by atoms with van der Waals surface area (Å²) in [6.07, 6.45) is 0. The Hall–Kier alpha value is -6.64. The van der Waals surface area contributed by atoms with E-state index >= 15 is 0 Å². The topological polar surface area (TPSA) is 22.4 Å². The predicted molar refractivity (Wildman–Crippen MR) is 209 cm³/mol. The number of hydrogen-bond donors (Lipinski definition) is 0. The first kappa shape index (κ1) is 27.2. The summed E-state index contributed by atoms with van der Waals surface area (Å²) in [5.74, 6) is 1.78. The highest BCUT2D eigenvalue weighted by Gasteiger charge is 2.52. The van der Waals surface area contributed by atoms with Crippen LogP contribution < -0.4 is 4.74 Å². The summed E-state index contributed by atoms with van der Waals surface area (Å²) < 4.78 is 13.5. The zero-order valence-electron chi connectivity index (χ0n) is 27.5. The quantitative estimate of drug-likeness (QED) is 0.177. The van der Waals surface area contributed by atoms with E-state index in [0.717, 1.165) is 55.5 Å². The molecule has 1 aliphatic carbocycles. The third-order valence-electron chi connectivity index (χ3n) is 11.5. The lowest BCUT2D eigenvalue weighted by Crippen LogP contribution is -2.32. The van der Waals surface area contributed by atoms with Gasteiger partial charge < -0.3 is 9.15 Å². The number of rotatable bonds is 1. The fourth-order valence-electron chi connectivity index (χ4n) is 9.44. The number of ether oxygens (including phenoxy) is 1. The normalized spacial score (nSPS) is 13.8. The smallest absolute Gasteiger partial charge is 0.143 e. The van der Waals surface area contributed by atoms with Crippen molar-refractivity contribution >= 4 is 54.3 Å². The summed E-state index contributed by atoms with van der Waals surface area (Å²) in [6, 6.07) is 61.7. The zero-order valence-corrected chi connectivity index (χ0v) is 27.5. The second kappa shape index (κ2) is 9.74. The molecule has 1 aromatic heterocycles. The van der Waals surface area contributed by atoms with Crippen molar-refractivity contribution < 1.29 is 9.15 Å². The van der Waals surface area contributed by atoms with E-state index in [-0.39, 0.29) is 0 Å². The highest BCUT2D eigenvalue weighted by molar-refractivity contribution is 6.19. The number of fused-ring (bicyclic) bond motifs is 18. The van der Waals surface area contributed by atoms with Gasteiger partial charge in [0.15, 0.2) is 0 Å². The van der Waals surface area contributed by atoms with Crippen molar-refractivity contribution in [2.45, 2.75) is 5.41 Å². The van der Waals surface area contributed by atoms with Crippen LogP contribution in [-0.4, -0.2) is 0 Å². The molecule has 0 atom stereocenters. The van der Waals surface area contributed by atoms with Gasteiger partial charge in [-0.25, -0.2) is 0 Å². The molecule has 0 unspecified atom stereocenters. The third-order valence-corrected chi connectivity index (χ3v) is 11.5. The maximum absolute atomic E-state index is 6.83. The monoisotopic (exact) mass is 648 g/mol. The summed E-state index contributed by atoms with van der Waals surface area (Å²) in [5, 5.41) is 9.60. The lowest BCUT2D eigenvalue weighted by molar-refractivity contribution is 0.436. The van der Waals surface area contributed by atoms with Crippen LogP contribution in [0.1, 0.15) is 22.3 Å². The fraction of sp³-hybridized carbons (Fsp3) is 0.0204. The predicted octanol–water partition coefficient (Wildman–Crippen LogP) is 13.2. The largest absolute Gasteiger partial charge is 0.457 e. The lowest BCUT2D eigenvalue weighted by Gasteiger charge is -2.39. The van der Waals surface area contributed by atoms with Gasteiger partial charge in [-0.2, -0.15) is 0 Å². The molecule has 2 nitrogen and oxygen atoms in total. The Morgan fingerprint density at radius 2 is 1.00 bits per heavy atom. The number of hydrogen-bond acceptors (Lipinski definition) is 2. The van der Waals surface area contributed by atoms with Gasteiger partial charge in [0.2, 0.25) is 0 Å². The van der Waals surface area contributed by atoms with Crippen molar-refractivity contribution in [2.75, 3.05) is 0 Å². The van der Waals surface area contributed by atoms with Crippen LogP contribution in [0.3, 0.4) is 0 Å². The summed E-state index contributed by atoms with van der Waals surface area (Å²) >= 11 is 0. The average molecular weight is 649 g/mol. The Morgan fingerprint density at radius 1 is 0.392 bits per heavy atom. The van der Waals surface area contributed by atoms with Gasteiger partial charge in [0.25, 0.3) is 0 Å². The summed E-state index contributed by atoms with van der Waals surface area (Å²) in [4.78, 5) is 0. The molecule has 10 aromatic rings. The molecular weight excluding hydrogens is 621 g/mol. The van der Waals surface area contributed by atoms with E-state index < -0.39 is 5.41 Å². The van der Waals surface area contributed by atoms with Gasteiger partial charge in [-0.05, 0) is 90.6 Å². The maximum atomic E-state index is 6.83. The van der Waals surface area contributed by atoms with Crippen molar-refractivity contribution in [1.29, 1.82) is 0 Å². The third kappa shape index (κ3) is 3.42. The Labute approximate surface area is 293 Å². The van der Waals surface area contributed by atoms with Crippen molar-refractivity contribution in [3.63, 3.8) is 0 Å². The molecule has 0 N–H and O–H groups in total. The minimum atomic E-state index is -0.596. The van der Waals surface area contributed by atoms with Crippen molar-refractivity contribution in [3.8, 4) is 33.8 Å². The molecule has 9 aromatic carbocycles. The van der Waals surface area contributed by atoms with Crippen molar-refractivity contribution in [1.82, 2.24) is 0 Å². The second-order valence-corrected chi connectivity index (χ2v) is 13.9. The van der Waals surface area contributed by atoms with E-state index in [4.69, 9.17) is 9.15 Å². The Morgan fingerprint density at radius 3 is 1.75 bits per heavy atom. The van der Waals surface area contributed by atoms with Crippen LogP contribution in [-0.2, 0) is 5.41 Å². The highest BCUT2D eigenvalue weighted by atomic mass is 16.5. The molecule has 0 saturated carbocycles. The van der Waals surface area contributed by atoms with E-state index in [0.29, 0.717) is 0 Å². The van der Waals surface area contributed by atoms with Crippen LogP contribution in [0.2, 0.25) is 0 Å². The lowest BCUT2D eigenvalue weighted by atomic mass is 9.65. The van der Waals surface area contributed by atoms with Crippen LogP contribution in [0.4, 0.5) is 0 Å². The molecule has 1 aliphatic heterocycles. The molecule has 236 valence electrons. The van der Waals surface area contributed by atoms with E-state index in [1.807, 2.05) is 0 Å². The molecule has 0 bridgehead atoms. The SMILES string of the molecule is c1ccc2c(c1)Oc1ccc(-c3cccc4oc5c6ccccc6ccc5c34)cc1C21c2ccc3ccccc3c2-c2c1ccc1ccccc21. The van der Waals surface area contributed by atoms with E-state index in [1.165, 1.54) is 54.7 Å². The van der Waals surface area contributed by atoms with Gasteiger partial charge in [-0.3, -0.25) is 0 Å². The first-order chi connectivity index (χ1) is 25.3. The van der Waals surface area contributed by atoms with Gasteiger partial charge in [-0.15, -0.1) is 0 Å². The van der Waals surface area contributed by atoms with Crippen molar-refractivity contribution in [3.05, 3.63) is 192 Å². The van der Waals surface area contributed by atoms with Gasteiger partial charge in [0, 0.05) is 27.3 Å². The molecule has 0 saturated heterocycles. The average Bonchev–Trinajstić information content (AvgIpc) is 3.73. The standard InChI is InChI=1S/C49H28O2/c1-4-13-33-29(10-1)21-25-39-46(33)47-34-14-5-2-11-30(34)22-26-40(47)49(39)38-17-7-8-18-42(38)50-43-27-23-32(28-41(43)49)35-16-9-19-44-45(35)37-24-20-31-12-3-6-15-36(31)48(37)51-44/h1-28H. The van der Waals surface area contributed by atoms with E-state index in [2.05, 4.69) is 170 Å². The minimum Gasteiger partial charge on any atom is -0.457 e. The van der Waals surface area contributed by atoms with Gasteiger partial charge in [0.1, 0.15) is 22.7 Å². The Kier molecular flexibility index (Phi) is 5.20. The molecule has 2 heterocycles. The number of benzene rings is 9.